The SMILES string of the molecule is COc1cccc2c1N(C)CC1(CCCC1)CN2. The lowest BCUT2D eigenvalue weighted by Crippen LogP contribution is -2.36. The zero-order valence-electron chi connectivity index (χ0n) is 11.3. The van der Waals surface area contributed by atoms with Crippen LogP contribution in [0.5, 0.6) is 5.75 Å². The molecule has 3 rings (SSSR count). The fourth-order valence-corrected chi connectivity index (χ4v) is 3.60. The molecule has 1 aliphatic heterocycles. The minimum absolute atomic E-state index is 0.457. The van der Waals surface area contributed by atoms with Crippen LogP contribution in [0.15, 0.2) is 18.2 Å². The largest absolute Gasteiger partial charge is 0.495 e. The van der Waals surface area contributed by atoms with E-state index in [1.165, 1.54) is 37.1 Å². The molecule has 1 saturated carbocycles. The van der Waals surface area contributed by atoms with E-state index < -0.39 is 0 Å². The van der Waals surface area contributed by atoms with Crippen molar-refractivity contribution in [3.8, 4) is 5.75 Å². The highest BCUT2D eigenvalue weighted by Gasteiger charge is 2.37. The maximum atomic E-state index is 5.51. The van der Waals surface area contributed by atoms with E-state index in [4.69, 9.17) is 4.74 Å². The van der Waals surface area contributed by atoms with Gasteiger partial charge in [-0.1, -0.05) is 18.9 Å². The Morgan fingerprint density at radius 2 is 2.06 bits per heavy atom. The highest BCUT2D eigenvalue weighted by molar-refractivity contribution is 5.77. The summed E-state index contributed by atoms with van der Waals surface area (Å²) in [5.41, 5.74) is 2.88. The standard InChI is InChI=1S/C15H22N2O/c1-17-11-15(8-3-4-9-15)10-16-12-6-5-7-13(18-2)14(12)17/h5-7,16H,3-4,8-11H2,1-2H3. The van der Waals surface area contributed by atoms with Crippen molar-refractivity contribution in [2.45, 2.75) is 25.7 Å². The van der Waals surface area contributed by atoms with Crippen LogP contribution in [0.2, 0.25) is 0 Å². The molecule has 3 heteroatoms. The van der Waals surface area contributed by atoms with Crippen LogP contribution in [0.4, 0.5) is 11.4 Å². The summed E-state index contributed by atoms with van der Waals surface area (Å²) < 4.78 is 5.51. The highest BCUT2D eigenvalue weighted by Crippen LogP contribution is 2.45. The van der Waals surface area contributed by atoms with Crippen molar-refractivity contribution >= 4 is 11.4 Å². The topological polar surface area (TPSA) is 24.5 Å². The number of fused-ring (bicyclic) bond motifs is 1. The van der Waals surface area contributed by atoms with Crippen molar-refractivity contribution in [3.05, 3.63) is 18.2 Å². The normalized spacial score (nSPS) is 21.3. The van der Waals surface area contributed by atoms with Gasteiger partial charge in [0.1, 0.15) is 11.4 Å². The van der Waals surface area contributed by atoms with Gasteiger partial charge in [-0.3, -0.25) is 0 Å². The summed E-state index contributed by atoms with van der Waals surface area (Å²) >= 11 is 0. The molecule has 0 bridgehead atoms. The van der Waals surface area contributed by atoms with Crippen LogP contribution in [0.25, 0.3) is 0 Å². The first-order valence-electron chi connectivity index (χ1n) is 6.86. The van der Waals surface area contributed by atoms with Crippen LogP contribution < -0.4 is 15.0 Å². The second kappa shape index (κ2) is 4.38. The number of benzene rings is 1. The summed E-state index contributed by atoms with van der Waals surface area (Å²) in [5.74, 6) is 0.970. The molecule has 1 aliphatic carbocycles. The van der Waals surface area contributed by atoms with E-state index in [0.29, 0.717) is 5.41 Å². The van der Waals surface area contributed by atoms with E-state index >= 15 is 0 Å². The molecular weight excluding hydrogens is 224 g/mol. The molecule has 1 heterocycles. The van der Waals surface area contributed by atoms with Crippen molar-refractivity contribution in [2.24, 2.45) is 5.41 Å². The van der Waals surface area contributed by atoms with Crippen LogP contribution >= 0.6 is 0 Å². The number of hydrogen-bond acceptors (Lipinski definition) is 3. The van der Waals surface area contributed by atoms with Crippen molar-refractivity contribution in [2.75, 3.05) is 37.5 Å². The maximum absolute atomic E-state index is 5.51. The lowest BCUT2D eigenvalue weighted by Gasteiger charge is -2.31. The van der Waals surface area contributed by atoms with Gasteiger partial charge in [-0.15, -0.1) is 0 Å². The van der Waals surface area contributed by atoms with E-state index in [1.807, 2.05) is 6.07 Å². The summed E-state index contributed by atoms with van der Waals surface area (Å²) in [6.07, 6.45) is 5.45. The summed E-state index contributed by atoms with van der Waals surface area (Å²) in [6, 6.07) is 6.26. The molecule has 0 unspecified atom stereocenters. The van der Waals surface area contributed by atoms with Gasteiger partial charge < -0.3 is 15.0 Å². The average molecular weight is 246 g/mol. The van der Waals surface area contributed by atoms with Gasteiger partial charge in [0.05, 0.1) is 12.8 Å². The van der Waals surface area contributed by atoms with Crippen molar-refractivity contribution in [3.63, 3.8) is 0 Å². The van der Waals surface area contributed by atoms with Crippen molar-refractivity contribution < 1.29 is 4.74 Å². The molecule has 1 aromatic rings. The minimum atomic E-state index is 0.457. The zero-order chi connectivity index (χ0) is 12.6. The van der Waals surface area contributed by atoms with E-state index in [2.05, 4.69) is 29.4 Å². The van der Waals surface area contributed by atoms with Gasteiger partial charge in [-0.25, -0.2) is 0 Å². The van der Waals surface area contributed by atoms with Gasteiger partial charge in [-0.2, -0.15) is 0 Å². The van der Waals surface area contributed by atoms with Gasteiger partial charge in [-0.05, 0) is 25.0 Å². The molecular formula is C15H22N2O. The third-order valence-electron chi connectivity index (χ3n) is 4.49. The molecule has 0 amide bonds. The molecule has 0 radical (unpaired) electrons. The van der Waals surface area contributed by atoms with Gasteiger partial charge in [0.15, 0.2) is 0 Å². The Bertz CT molecular complexity index is 438. The van der Waals surface area contributed by atoms with Crippen LogP contribution in [-0.4, -0.2) is 27.2 Å². The smallest absolute Gasteiger partial charge is 0.144 e. The first kappa shape index (κ1) is 11.7. The highest BCUT2D eigenvalue weighted by atomic mass is 16.5. The number of nitrogens with zero attached hydrogens (tertiary/aromatic N) is 1. The molecule has 1 spiro atoms. The van der Waals surface area contributed by atoms with Gasteiger partial charge >= 0.3 is 0 Å². The third-order valence-corrected chi connectivity index (χ3v) is 4.49. The van der Waals surface area contributed by atoms with Crippen LogP contribution in [0.3, 0.4) is 0 Å². The van der Waals surface area contributed by atoms with E-state index in [9.17, 15) is 0 Å². The van der Waals surface area contributed by atoms with Crippen LogP contribution in [-0.2, 0) is 0 Å². The van der Waals surface area contributed by atoms with Gasteiger partial charge in [0, 0.05) is 25.6 Å². The molecule has 0 aromatic heterocycles. The minimum Gasteiger partial charge on any atom is -0.495 e. The summed E-state index contributed by atoms with van der Waals surface area (Å²) in [6.45, 7) is 2.23. The van der Waals surface area contributed by atoms with Gasteiger partial charge in [0.25, 0.3) is 0 Å². The first-order valence-corrected chi connectivity index (χ1v) is 6.86. The average Bonchev–Trinajstić information content (AvgIpc) is 2.78. The monoisotopic (exact) mass is 246 g/mol. The number of methoxy groups -OCH3 is 1. The summed E-state index contributed by atoms with van der Waals surface area (Å²) in [7, 11) is 3.94. The Balaban J connectivity index is 1.97. The summed E-state index contributed by atoms with van der Waals surface area (Å²) in [5, 5.41) is 3.64. The Hall–Kier alpha value is -1.38. The number of rotatable bonds is 1. The molecule has 3 nitrogen and oxygen atoms in total. The lowest BCUT2D eigenvalue weighted by atomic mass is 9.86. The Kier molecular flexibility index (Phi) is 2.84. The Morgan fingerprint density at radius 1 is 1.28 bits per heavy atom. The fourth-order valence-electron chi connectivity index (χ4n) is 3.60. The molecule has 1 fully saturated rings. The molecule has 1 N–H and O–H groups in total. The van der Waals surface area contributed by atoms with Gasteiger partial charge in [0.2, 0.25) is 0 Å². The molecule has 0 saturated heterocycles. The number of nitrogens with one attached hydrogen (secondary N) is 1. The number of ether oxygens (including phenoxy) is 1. The molecule has 1 aromatic carbocycles. The quantitative estimate of drug-likeness (QED) is 0.824. The van der Waals surface area contributed by atoms with Crippen LogP contribution in [0.1, 0.15) is 25.7 Å². The van der Waals surface area contributed by atoms with Crippen molar-refractivity contribution in [1.82, 2.24) is 0 Å². The lowest BCUT2D eigenvalue weighted by molar-refractivity contribution is 0.329. The number of hydrogen-bond donors (Lipinski definition) is 1. The Labute approximate surface area is 109 Å². The predicted octanol–water partition coefficient (Wildman–Crippen LogP) is 3.12. The second-order valence-electron chi connectivity index (χ2n) is 5.77. The summed E-state index contributed by atoms with van der Waals surface area (Å²) in [4.78, 5) is 2.37. The number of para-hydroxylation sites is 1. The predicted molar refractivity (Wildman–Crippen MR) is 75.7 cm³/mol. The first-order chi connectivity index (χ1) is 8.74. The molecule has 98 valence electrons. The third kappa shape index (κ3) is 1.82. The fraction of sp³-hybridized carbons (Fsp3) is 0.600. The molecule has 0 atom stereocenters. The maximum Gasteiger partial charge on any atom is 0.144 e. The molecule has 2 aliphatic rings. The zero-order valence-corrected chi connectivity index (χ0v) is 11.3. The second-order valence-corrected chi connectivity index (χ2v) is 5.77. The van der Waals surface area contributed by atoms with E-state index in [-0.39, 0.29) is 0 Å². The van der Waals surface area contributed by atoms with Crippen LogP contribution in [0, 0.1) is 5.41 Å². The number of anilines is 2. The Morgan fingerprint density at radius 3 is 2.78 bits per heavy atom. The molecule has 18 heavy (non-hydrogen) atoms. The van der Waals surface area contributed by atoms with E-state index in [0.717, 1.165) is 18.8 Å². The van der Waals surface area contributed by atoms with E-state index in [1.54, 1.807) is 7.11 Å². The van der Waals surface area contributed by atoms with Crippen molar-refractivity contribution in [1.29, 1.82) is 0 Å².